The highest BCUT2D eigenvalue weighted by Gasteiger charge is 2.24. The van der Waals surface area contributed by atoms with Gasteiger partial charge in [-0.05, 0) is 71.3 Å². The number of rotatable bonds is 7. The Hall–Kier alpha value is -3.31. The first-order valence-corrected chi connectivity index (χ1v) is 12.5. The number of primary amides is 1. The van der Waals surface area contributed by atoms with E-state index in [1.54, 1.807) is 12.1 Å². The Morgan fingerprint density at radius 2 is 1.66 bits per heavy atom. The average Bonchev–Trinajstić information content (AvgIpc) is 2.87. The number of carbonyl (C=O) groups is 2. The monoisotopic (exact) mass is 490 g/mol. The normalized spacial score (nSPS) is 14.9. The molecule has 3 aromatic carbocycles. The minimum Gasteiger partial charge on any atom is -0.478 e. The van der Waals surface area contributed by atoms with Crippen molar-refractivity contribution in [2.45, 2.75) is 57.4 Å². The highest BCUT2D eigenvalue weighted by molar-refractivity contribution is 6.30. The lowest BCUT2D eigenvalue weighted by Crippen LogP contribution is -2.36. The van der Waals surface area contributed by atoms with Crippen molar-refractivity contribution in [2.75, 3.05) is 4.90 Å². The van der Waals surface area contributed by atoms with Gasteiger partial charge in [-0.1, -0.05) is 74.2 Å². The topological polar surface area (TPSA) is 83.6 Å². The van der Waals surface area contributed by atoms with Crippen LogP contribution in [0.2, 0.25) is 5.02 Å². The van der Waals surface area contributed by atoms with E-state index in [2.05, 4.69) is 12.1 Å². The highest BCUT2D eigenvalue weighted by Crippen LogP contribution is 2.35. The Kier molecular flexibility index (Phi) is 7.76. The fourth-order valence-corrected chi connectivity index (χ4v) is 5.26. The van der Waals surface area contributed by atoms with Gasteiger partial charge in [0.25, 0.3) is 0 Å². The van der Waals surface area contributed by atoms with Gasteiger partial charge in [0.15, 0.2) is 0 Å². The van der Waals surface area contributed by atoms with Gasteiger partial charge >= 0.3 is 12.0 Å². The van der Waals surface area contributed by atoms with Gasteiger partial charge in [-0.2, -0.15) is 0 Å². The first-order chi connectivity index (χ1) is 16.8. The molecule has 3 aromatic rings. The lowest BCUT2D eigenvalue weighted by atomic mass is 9.84. The molecule has 0 aromatic heterocycles. The van der Waals surface area contributed by atoms with Crippen molar-refractivity contribution in [1.82, 2.24) is 0 Å². The molecule has 2 amide bonds. The van der Waals surface area contributed by atoms with E-state index < -0.39 is 12.0 Å². The number of hydrogen-bond acceptors (Lipinski definition) is 2. The van der Waals surface area contributed by atoms with Crippen LogP contribution in [0.4, 0.5) is 10.5 Å². The number of carbonyl (C=O) groups excluding carboxylic acids is 1. The van der Waals surface area contributed by atoms with Gasteiger partial charge in [-0.25, -0.2) is 9.59 Å². The zero-order chi connectivity index (χ0) is 24.9. The Morgan fingerprint density at radius 3 is 2.26 bits per heavy atom. The first-order valence-electron chi connectivity index (χ1n) is 12.1. The summed E-state index contributed by atoms with van der Waals surface area (Å²) in [5.41, 5.74) is 10.3. The molecule has 6 heteroatoms. The number of carboxylic acid groups (broad SMARTS) is 1. The molecule has 1 aliphatic carbocycles. The quantitative estimate of drug-likeness (QED) is 0.363. The van der Waals surface area contributed by atoms with Crippen LogP contribution in [0, 0.1) is 0 Å². The molecule has 1 fully saturated rings. The number of urea groups is 1. The Bertz CT molecular complexity index is 1190. The molecule has 0 bridgehead atoms. The molecule has 0 saturated heterocycles. The van der Waals surface area contributed by atoms with Gasteiger partial charge < -0.3 is 10.8 Å². The molecular formula is C29H31ClN2O3. The Balaban J connectivity index is 1.68. The number of carboxylic acids is 1. The lowest BCUT2D eigenvalue weighted by molar-refractivity contribution is 0.0695. The molecule has 1 aliphatic rings. The van der Waals surface area contributed by atoms with Crippen LogP contribution in [-0.2, 0) is 6.54 Å². The second-order valence-corrected chi connectivity index (χ2v) is 9.74. The first kappa shape index (κ1) is 24.8. The number of aromatic carboxylic acids is 1. The minimum atomic E-state index is -1.04. The summed E-state index contributed by atoms with van der Waals surface area (Å²) < 4.78 is 0. The number of anilines is 1. The molecule has 35 heavy (non-hydrogen) atoms. The molecule has 0 heterocycles. The van der Waals surface area contributed by atoms with Gasteiger partial charge in [-0.3, -0.25) is 4.90 Å². The van der Waals surface area contributed by atoms with Gasteiger partial charge in [0.05, 0.1) is 12.1 Å². The van der Waals surface area contributed by atoms with E-state index in [1.807, 2.05) is 49.4 Å². The fourth-order valence-electron chi connectivity index (χ4n) is 5.14. The molecule has 1 atom stereocenters. The molecular weight excluding hydrogens is 460 g/mol. The summed E-state index contributed by atoms with van der Waals surface area (Å²) in [6, 6.07) is 20.1. The Labute approximate surface area is 211 Å². The number of benzene rings is 3. The largest absolute Gasteiger partial charge is 0.478 e. The van der Waals surface area contributed by atoms with Crippen LogP contribution in [0.15, 0.2) is 66.7 Å². The third kappa shape index (κ3) is 5.68. The van der Waals surface area contributed by atoms with Crippen LogP contribution in [0.5, 0.6) is 0 Å². The van der Waals surface area contributed by atoms with Crippen molar-refractivity contribution >= 4 is 29.3 Å². The second kappa shape index (κ2) is 11.0. The summed E-state index contributed by atoms with van der Waals surface area (Å²) in [6.45, 7) is 2.08. The lowest BCUT2D eigenvalue weighted by Gasteiger charge is -2.26. The van der Waals surface area contributed by atoms with E-state index in [-0.39, 0.29) is 18.0 Å². The number of nitrogens with two attached hydrogens (primary N) is 1. The van der Waals surface area contributed by atoms with E-state index in [0.717, 1.165) is 11.1 Å². The maximum atomic E-state index is 12.5. The molecule has 4 rings (SSSR count). The molecule has 0 aliphatic heterocycles. The maximum Gasteiger partial charge on any atom is 0.336 e. The zero-order valence-corrected chi connectivity index (χ0v) is 20.7. The predicted molar refractivity (Wildman–Crippen MR) is 140 cm³/mol. The summed E-state index contributed by atoms with van der Waals surface area (Å²) in [7, 11) is 0. The van der Waals surface area contributed by atoms with Gasteiger partial charge in [0, 0.05) is 16.6 Å². The number of amides is 2. The molecule has 3 N–H and O–H groups in total. The summed E-state index contributed by atoms with van der Waals surface area (Å²) in [5, 5.41) is 10.6. The van der Waals surface area contributed by atoms with E-state index in [1.165, 1.54) is 42.6 Å². The fraction of sp³-hybridized carbons (Fsp3) is 0.310. The van der Waals surface area contributed by atoms with E-state index >= 15 is 0 Å². The van der Waals surface area contributed by atoms with Gasteiger partial charge in [0.2, 0.25) is 0 Å². The van der Waals surface area contributed by atoms with Crippen molar-refractivity contribution in [3.8, 4) is 0 Å². The summed E-state index contributed by atoms with van der Waals surface area (Å²) in [5.74, 6) is -0.591. The van der Waals surface area contributed by atoms with Gasteiger partial charge in [-0.15, -0.1) is 0 Å². The average molecular weight is 491 g/mol. The van der Waals surface area contributed by atoms with Crippen molar-refractivity contribution in [3.63, 3.8) is 0 Å². The van der Waals surface area contributed by atoms with Crippen LogP contribution in [0.1, 0.15) is 83.5 Å². The zero-order valence-electron chi connectivity index (χ0n) is 19.9. The highest BCUT2D eigenvalue weighted by atomic mass is 35.5. The maximum absolute atomic E-state index is 12.5. The minimum absolute atomic E-state index is 0.0633. The number of nitrogens with zero attached hydrogens (tertiary/aromatic N) is 1. The van der Waals surface area contributed by atoms with Crippen molar-refractivity contribution in [1.29, 1.82) is 0 Å². The van der Waals surface area contributed by atoms with Crippen molar-refractivity contribution in [2.24, 2.45) is 5.73 Å². The van der Waals surface area contributed by atoms with E-state index in [0.29, 0.717) is 22.2 Å². The molecule has 0 radical (unpaired) electrons. The predicted octanol–water partition coefficient (Wildman–Crippen LogP) is 7.32. The second-order valence-electron chi connectivity index (χ2n) is 9.30. The Morgan fingerprint density at radius 1 is 1.00 bits per heavy atom. The third-order valence-electron chi connectivity index (χ3n) is 7.14. The van der Waals surface area contributed by atoms with Crippen molar-refractivity contribution in [3.05, 3.63) is 99.6 Å². The van der Waals surface area contributed by atoms with Crippen LogP contribution in [0.3, 0.4) is 0 Å². The molecule has 5 nitrogen and oxygen atoms in total. The van der Waals surface area contributed by atoms with Gasteiger partial charge in [0.1, 0.15) is 0 Å². The van der Waals surface area contributed by atoms with Crippen LogP contribution in [-0.4, -0.2) is 17.1 Å². The molecule has 1 saturated carbocycles. The number of hydrogen-bond donors (Lipinski definition) is 2. The third-order valence-corrected chi connectivity index (χ3v) is 7.39. The molecule has 0 unspecified atom stereocenters. The van der Waals surface area contributed by atoms with Crippen LogP contribution in [0.25, 0.3) is 0 Å². The number of halogens is 1. The summed E-state index contributed by atoms with van der Waals surface area (Å²) >= 11 is 6.06. The summed E-state index contributed by atoms with van der Waals surface area (Å²) in [6.07, 6.45) is 6.18. The smallest absolute Gasteiger partial charge is 0.336 e. The molecule has 182 valence electrons. The van der Waals surface area contributed by atoms with E-state index in [4.69, 9.17) is 17.3 Å². The van der Waals surface area contributed by atoms with E-state index in [9.17, 15) is 14.7 Å². The molecule has 0 spiro atoms. The van der Waals surface area contributed by atoms with Crippen LogP contribution >= 0.6 is 11.6 Å². The standard InChI is InChI=1S/C29H31ClN2O3/c1-19(20-10-14-23(30)15-11-20)25-8-5-9-26(28(33)34)27(25)18-32(29(31)35)24-16-12-22(13-17-24)21-6-3-2-4-7-21/h5,8-17,19,21H,2-4,6-7,18H2,1H3,(H2,31,35)(H,33,34)/t19-/m0/s1. The van der Waals surface area contributed by atoms with Crippen molar-refractivity contribution < 1.29 is 14.7 Å². The SMILES string of the molecule is C[C@@H](c1ccc(Cl)cc1)c1cccc(C(=O)O)c1CN(C(N)=O)c1ccc(C2CCCCC2)cc1. The van der Waals surface area contributed by atoms with Crippen LogP contribution < -0.4 is 10.6 Å². The summed E-state index contributed by atoms with van der Waals surface area (Å²) in [4.78, 5) is 26.1.